The molecular weight excluding hydrogens is 158 g/mol. The summed E-state index contributed by atoms with van der Waals surface area (Å²) in [5.41, 5.74) is 0.831. The summed E-state index contributed by atoms with van der Waals surface area (Å²) < 4.78 is 0. The van der Waals surface area contributed by atoms with E-state index in [-0.39, 0.29) is 1.43 Å². The van der Waals surface area contributed by atoms with E-state index in [0.717, 1.165) is 5.69 Å². The van der Waals surface area contributed by atoms with Gasteiger partial charge in [0.05, 0.1) is 0 Å². The Bertz CT molecular complexity index is 237. The molecule has 0 bridgehead atoms. The highest BCUT2D eigenvalue weighted by molar-refractivity contribution is 7.98. The minimum atomic E-state index is 0. The van der Waals surface area contributed by atoms with Crippen LogP contribution in [-0.4, -0.2) is 12.7 Å². The molecule has 0 radical (unpaired) electrons. The van der Waals surface area contributed by atoms with Crippen LogP contribution < -0.4 is 5.32 Å². The van der Waals surface area contributed by atoms with E-state index in [1.54, 1.807) is 11.8 Å². The van der Waals surface area contributed by atoms with Crippen LogP contribution in [0, 0.1) is 0 Å². The topological polar surface area (TPSA) is 29.1 Å². The van der Waals surface area contributed by atoms with Gasteiger partial charge in [-0.2, -0.15) is 0 Å². The molecule has 0 atom stereocenters. The first-order valence-electron chi connectivity index (χ1n) is 3.21. The van der Waals surface area contributed by atoms with Crippen LogP contribution >= 0.6 is 11.8 Å². The number of nitrogens with one attached hydrogen (secondary N) is 1. The Balaban J connectivity index is 0.00000121. The third kappa shape index (κ3) is 2.27. The van der Waals surface area contributed by atoms with Gasteiger partial charge in [0, 0.05) is 12.0 Å². The smallest absolute Gasteiger partial charge is 0.211 e. The van der Waals surface area contributed by atoms with Crippen LogP contribution in [0.1, 0.15) is 1.43 Å². The lowest BCUT2D eigenvalue weighted by Crippen LogP contribution is -1.92. The number of hydrogen-bond donors (Lipinski definition) is 1. The highest BCUT2D eigenvalue weighted by Crippen LogP contribution is 2.16. The number of thioether (sulfide) groups is 1. The number of benzene rings is 1. The molecular formula is C8H11NOS. The molecule has 1 aromatic rings. The molecule has 1 N–H and O–H groups in total. The molecule has 0 unspecified atom stereocenters. The molecule has 11 heavy (non-hydrogen) atoms. The maximum absolute atomic E-state index is 10.0. The predicted molar refractivity (Wildman–Crippen MR) is 50.0 cm³/mol. The molecule has 0 aliphatic carbocycles. The Hall–Kier alpha value is -0.960. The third-order valence-electron chi connectivity index (χ3n) is 1.32. The summed E-state index contributed by atoms with van der Waals surface area (Å²) in [6, 6.07) is 7.69. The molecule has 1 amide bonds. The van der Waals surface area contributed by atoms with Crippen LogP contribution in [0.3, 0.4) is 0 Å². The second-order valence-corrected chi connectivity index (χ2v) is 2.87. The second kappa shape index (κ2) is 4.03. The molecule has 2 nitrogen and oxygen atoms in total. The molecule has 0 aliphatic heterocycles. The molecule has 0 heterocycles. The number of amides is 1. The average Bonchev–Trinajstić information content (AvgIpc) is 2.07. The zero-order valence-corrected chi connectivity index (χ0v) is 7.02. The fourth-order valence-electron chi connectivity index (χ4n) is 0.755. The van der Waals surface area contributed by atoms with Gasteiger partial charge in [0.1, 0.15) is 0 Å². The van der Waals surface area contributed by atoms with Crippen LogP contribution in [0.2, 0.25) is 0 Å². The summed E-state index contributed by atoms with van der Waals surface area (Å²) in [7, 11) is 0. The molecule has 0 aliphatic rings. The molecule has 0 saturated heterocycles. The van der Waals surface area contributed by atoms with Gasteiger partial charge in [-0.05, 0) is 30.5 Å². The molecule has 0 fully saturated rings. The fraction of sp³-hybridized carbons (Fsp3) is 0.125. The van der Waals surface area contributed by atoms with Crippen LogP contribution in [0.25, 0.3) is 0 Å². The third-order valence-corrected chi connectivity index (χ3v) is 2.06. The SMILES string of the molecule is CSc1ccc(NC=O)cc1.[HH]. The lowest BCUT2D eigenvalue weighted by atomic mass is 10.3. The van der Waals surface area contributed by atoms with Crippen molar-refractivity contribution in [2.45, 2.75) is 4.90 Å². The number of carbonyl (C=O) groups excluding carboxylic acids is 1. The van der Waals surface area contributed by atoms with Gasteiger partial charge in [0.15, 0.2) is 0 Å². The summed E-state index contributed by atoms with van der Waals surface area (Å²) in [4.78, 5) is 11.2. The first kappa shape index (κ1) is 8.14. The molecule has 1 rings (SSSR count). The van der Waals surface area contributed by atoms with E-state index < -0.39 is 0 Å². The zero-order valence-electron chi connectivity index (χ0n) is 6.20. The first-order chi connectivity index (χ1) is 5.36. The van der Waals surface area contributed by atoms with E-state index in [9.17, 15) is 4.79 Å². The Kier molecular flexibility index (Phi) is 2.98. The number of carbonyl (C=O) groups is 1. The van der Waals surface area contributed by atoms with Gasteiger partial charge in [-0.15, -0.1) is 11.8 Å². The summed E-state index contributed by atoms with van der Waals surface area (Å²) in [6.07, 6.45) is 2.69. The normalized spacial score (nSPS) is 9.18. The van der Waals surface area contributed by atoms with E-state index in [2.05, 4.69) is 5.32 Å². The van der Waals surface area contributed by atoms with Crippen molar-refractivity contribution >= 4 is 23.9 Å². The molecule has 0 spiro atoms. The Morgan fingerprint density at radius 2 is 2.09 bits per heavy atom. The summed E-state index contributed by atoms with van der Waals surface area (Å²) >= 11 is 1.68. The summed E-state index contributed by atoms with van der Waals surface area (Å²) in [6.45, 7) is 0. The predicted octanol–water partition coefficient (Wildman–Crippen LogP) is 2.22. The number of rotatable bonds is 3. The Morgan fingerprint density at radius 1 is 1.45 bits per heavy atom. The highest BCUT2D eigenvalue weighted by atomic mass is 32.2. The minimum Gasteiger partial charge on any atom is -0.329 e. The van der Waals surface area contributed by atoms with Gasteiger partial charge in [-0.1, -0.05) is 0 Å². The average molecular weight is 169 g/mol. The molecule has 3 heteroatoms. The Labute approximate surface area is 71.5 Å². The molecule has 0 saturated carbocycles. The van der Waals surface area contributed by atoms with Crippen molar-refractivity contribution in [1.82, 2.24) is 0 Å². The quantitative estimate of drug-likeness (QED) is 0.555. The van der Waals surface area contributed by atoms with Gasteiger partial charge < -0.3 is 5.32 Å². The summed E-state index contributed by atoms with van der Waals surface area (Å²) in [5, 5.41) is 2.57. The van der Waals surface area contributed by atoms with Crippen LogP contribution in [0.4, 0.5) is 5.69 Å². The number of anilines is 1. The molecule has 1 aromatic carbocycles. The van der Waals surface area contributed by atoms with Crippen LogP contribution in [-0.2, 0) is 4.79 Å². The molecule has 60 valence electrons. The van der Waals surface area contributed by atoms with E-state index in [0.29, 0.717) is 6.41 Å². The summed E-state index contributed by atoms with van der Waals surface area (Å²) in [5.74, 6) is 0. The standard InChI is InChI=1S/C8H9NOS.H2/c1-11-8-4-2-7(3-5-8)9-6-10;/h2-6H,1H3,(H,9,10);1H. The van der Waals surface area contributed by atoms with E-state index >= 15 is 0 Å². The van der Waals surface area contributed by atoms with Crippen molar-refractivity contribution in [2.75, 3.05) is 11.6 Å². The molecule has 0 aromatic heterocycles. The van der Waals surface area contributed by atoms with Crippen LogP contribution in [0.5, 0.6) is 0 Å². The van der Waals surface area contributed by atoms with Gasteiger partial charge in [0.2, 0.25) is 6.41 Å². The van der Waals surface area contributed by atoms with E-state index in [1.807, 2.05) is 30.5 Å². The Morgan fingerprint density at radius 3 is 2.55 bits per heavy atom. The maximum Gasteiger partial charge on any atom is 0.211 e. The highest BCUT2D eigenvalue weighted by Gasteiger charge is 1.89. The lowest BCUT2D eigenvalue weighted by molar-refractivity contribution is -0.105. The van der Waals surface area contributed by atoms with Gasteiger partial charge in [-0.3, -0.25) is 4.79 Å². The van der Waals surface area contributed by atoms with Crippen LogP contribution in [0.15, 0.2) is 29.2 Å². The lowest BCUT2D eigenvalue weighted by Gasteiger charge is -1.98. The first-order valence-corrected chi connectivity index (χ1v) is 4.43. The van der Waals surface area contributed by atoms with E-state index in [1.165, 1.54) is 4.90 Å². The fourth-order valence-corrected chi connectivity index (χ4v) is 1.16. The maximum atomic E-state index is 10.0. The van der Waals surface area contributed by atoms with Crippen molar-refractivity contribution in [1.29, 1.82) is 0 Å². The van der Waals surface area contributed by atoms with Crippen molar-refractivity contribution in [3.8, 4) is 0 Å². The second-order valence-electron chi connectivity index (χ2n) is 1.99. The van der Waals surface area contributed by atoms with E-state index in [4.69, 9.17) is 0 Å². The minimum absolute atomic E-state index is 0. The van der Waals surface area contributed by atoms with Gasteiger partial charge >= 0.3 is 0 Å². The van der Waals surface area contributed by atoms with Crippen molar-refractivity contribution < 1.29 is 6.22 Å². The van der Waals surface area contributed by atoms with Crippen molar-refractivity contribution in [2.24, 2.45) is 0 Å². The number of hydrogen-bond acceptors (Lipinski definition) is 2. The monoisotopic (exact) mass is 169 g/mol. The largest absolute Gasteiger partial charge is 0.329 e. The zero-order chi connectivity index (χ0) is 8.10. The van der Waals surface area contributed by atoms with Crippen molar-refractivity contribution in [3.05, 3.63) is 24.3 Å². The van der Waals surface area contributed by atoms with Gasteiger partial charge in [-0.25, -0.2) is 0 Å². The van der Waals surface area contributed by atoms with Crippen molar-refractivity contribution in [3.63, 3.8) is 0 Å². The van der Waals surface area contributed by atoms with Gasteiger partial charge in [0.25, 0.3) is 0 Å².